The zero-order chi connectivity index (χ0) is 51.9. The van der Waals surface area contributed by atoms with Crippen LogP contribution in [0.4, 0.5) is 8.78 Å². The normalized spacial score (nSPS) is 14.3. The molecular formula is C49H60F2N6O13. The van der Waals surface area contributed by atoms with Gasteiger partial charge >= 0.3 is 11.9 Å². The van der Waals surface area contributed by atoms with E-state index in [0.29, 0.717) is 16.3 Å². The van der Waals surface area contributed by atoms with E-state index in [9.17, 15) is 62.5 Å². The fraction of sp³-hybridized carbons (Fsp3) is 0.469. The Labute approximate surface area is 403 Å². The van der Waals surface area contributed by atoms with Crippen LogP contribution in [-0.2, 0) is 59.3 Å². The number of hydrogen-bond donors (Lipinski definition) is 5. The number of rotatable bonds is 27. The van der Waals surface area contributed by atoms with Crippen LogP contribution in [0.3, 0.4) is 0 Å². The molecular weight excluding hydrogens is 919 g/mol. The lowest BCUT2D eigenvalue weighted by Gasteiger charge is -2.41. The van der Waals surface area contributed by atoms with Gasteiger partial charge in [0.2, 0.25) is 23.6 Å². The summed E-state index contributed by atoms with van der Waals surface area (Å²) in [6.07, 6.45) is -1.45. The number of hydroxylamine groups is 2. The fourth-order valence-electron chi connectivity index (χ4n) is 8.07. The summed E-state index contributed by atoms with van der Waals surface area (Å²) in [6, 6.07) is 10.6. The van der Waals surface area contributed by atoms with Gasteiger partial charge in [-0.15, -0.1) is 5.06 Å². The Balaban J connectivity index is 1.42. The number of aliphatic carboxylic acids is 1. The van der Waals surface area contributed by atoms with Crippen molar-refractivity contribution in [2.45, 2.75) is 123 Å². The van der Waals surface area contributed by atoms with Gasteiger partial charge in [0.25, 0.3) is 11.8 Å². The number of Topliss-reactive ketones (excluding diaryl/α,β-unsaturated/α-hetero) is 2. The number of carboxylic acid groups (broad SMARTS) is 1. The van der Waals surface area contributed by atoms with Crippen LogP contribution >= 0.6 is 0 Å². The number of nitrogens with one attached hydrogen (secondary N) is 2. The number of imide groups is 1. The number of ketones is 2. The first-order chi connectivity index (χ1) is 33.0. The largest absolute Gasteiger partial charge is 0.481 e. The predicted molar refractivity (Wildman–Crippen MR) is 245 cm³/mol. The summed E-state index contributed by atoms with van der Waals surface area (Å²) >= 11 is 0. The maximum atomic E-state index is 15.2. The van der Waals surface area contributed by atoms with Gasteiger partial charge in [-0.05, 0) is 61.4 Å². The van der Waals surface area contributed by atoms with Crippen molar-refractivity contribution in [2.75, 3.05) is 13.2 Å². The molecule has 1 aromatic heterocycles. The van der Waals surface area contributed by atoms with E-state index in [1.165, 1.54) is 11.8 Å². The molecule has 4 rings (SSSR count). The number of nitrogens with zero attached hydrogens (tertiary/aromatic N) is 3. The summed E-state index contributed by atoms with van der Waals surface area (Å²) in [5.74, 6) is -11.4. The van der Waals surface area contributed by atoms with Crippen LogP contribution in [-0.4, -0.2) is 109 Å². The lowest BCUT2D eigenvalue weighted by atomic mass is 9.82. The summed E-state index contributed by atoms with van der Waals surface area (Å²) in [4.78, 5) is 132. The Morgan fingerprint density at radius 2 is 1.51 bits per heavy atom. The molecule has 0 bridgehead atoms. The molecule has 1 aliphatic rings. The van der Waals surface area contributed by atoms with Crippen LogP contribution in [0, 0.1) is 23.0 Å². The number of carbonyl (C=O) groups excluding carboxylic acids is 9. The van der Waals surface area contributed by atoms with Gasteiger partial charge < -0.3 is 40.9 Å². The van der Waals surface area contributed by atoms with Crippen molar-refractivity contribution in [3.8, 4) is 11.1 Å². The second-order valence-electron chi connectivity index (χ2n) is 18.2. The minimum Gasteiger partial charge on any atom is -0.481 e. The average Bonchev–Trinajstić information content (AvgIpc) is 3.84. The topological polar surface area (TPSA) is 282 Å². The van der Waals surface area contributed by atoms with Crippen LogP contribution in [0.5, 0.6) is 0 Å². The number of hydrogen-bond acceptors (Lipinski definition) is 12. The molecule has 19 nitrogen and oxygen atoms in total. The minimum absolute atomic E-state index is 0.00193. The van der Waals surface area contributed by atoms with Gasteiger partial charge in [-0.1, -0.05) is 51.1 Å². The maximum absolute atomic E-state index is 15.2. The Kier molecular flexibility index (Phi) is 20.2. The molecule has 6 N–H and O–H groups in total. The average molecular weight is 979 g/mol. The molecule has 0 radical (unpaired) electrons. The third-order valence-electron chi connectivity index (χ3n) is 11.5. The Hall–Kier alpha value is -7.16. The van der Waals surface area contributed by atoms with Crippen molar-refractivity contribution in [1.29, 1.82) is 0 Å². The number of aliphatic hydroxyl groups is 1. The molecule has 6 amide bonds. The van der Waals surface area contributed by atoms with E-state index in [2.05, 4.69) is 10.6 Å². The first-order valence-electron chi connectivity index (χ1n) is 22.8. The minimum atomic E-state index is -1.55. The van der Waals surface area contributed by atoms with E-state index < -0.39 is 126 Å². The Morgan fingerprint density at radius 1 is 0.843 bits per heavy atom. The second-order valence-corrected chi connectivity index (χ2v) is 18.2. The number of primary amides is 1. The van der Waals surface area contributed by atoms with Crippen molar-refractivity contribution < 1.29 is 71.8 Å². The highest BCUT2D eigenvalue weighted by molar-refractivity contribution is 6.01. The highest BCUT2D eigenvalue weighted by atomic mass is 19.1. The van der Waals surface area contributed by atoms with Crippen molar-refractivity contribution in [3.05, 3.63) is 83.7 Å². The van der Waals surface area contributed by atoms with E-state index in [1.54, 1.807) is 12.3 Å². The molecule has 378 valence electrons. The molecule has 0 aliphatic carbocycles. The summed E-state index contributed by atoms with van der Waals surface area (Å²) < 4.78 is 31.4. The number of benzene rings is 2. The number of aliphatic hydroxyl groups excluding tert-OH is 1. The second kappa shape index (κ2) is 25.4. The zero-order valence-corrected chi connectivity index (χ0v) is 39.5. The molecule has 21 heteroatoms. The van der Waals surface area contributed by atoms with Crippen LogP contribution in [0.25, 0.3) is 11.1 Å². The highest BCUT2D eigenvalue weighted by Crippen LogP contribution is 2.41. The van der Waals surface area contributed by atoms with Gasteiger partial charge in [0.1, 0.15) is 18.2 Å². The van der Waals surface area contributed by atoms with Gasteiger partial charge in [-0.25, -0.2) is 13.6 Å². The Bertz CT molecular complexity index is 2420. The van der Waals surface area contributed by atoms with Gasteiger partial charge in [-0.3, -0.25) is 43.2 Å². The molecule has 70 heavy (non-hydrogen) atoms. The molecule has 3 aromatic rings. The number of aromatic nitrogens is 1. The van der Waals surface area contributed by atoms with E-state index in [1.807, 2.05) is 55.7 Å². The number of halogens is 2. The van der Waals surface area contributed by atoms with Gasteiger partial charge in [0.15, 0.2) is 11.6 Å². The summed E-state index contributed by atoms with van der Waals surface area (Å²) in [6.45, 7) is 6.32. The highest BCUT2D eigenvalue weighted by Gasteiger charge is 2.38. The number of unbranched alkanes of at least 4 members (excludes halogenated alkanes) is 1. The number of nitrogens with two attached hydrogens (primary N) is 1. The smallest absolute Gasteiger partial charge is 0.333 e. The lowest BCUT2D eigenvalue weighted by molar-refractivity contribution is -0.197. The summed E-state index contributed by atoms with van der Waals surface area (Å²) in [7, 11) is 0. The molecule has 0 spiro atoms. The number of amides is 6. The summed E-state index contributed by atoms with van der Waals surface area (Å²) in [5.41, 5.74) is 6.48. The van der Waals surface area contributed by atoms with Gasteiger partial charge in [0, 0.05) is 74.6 Å². The monoisotopic (exact) mass is 978 g/mol. The standard InChI is InChI=1S/C49H60F2N6O13/c1-29(53-41(62)14-10-15-46(68)70-57-42(63)18-19-43(57)64)39(60)22-31(23-45(66)67)48(69)54-36(25-40(52)61)38(59)13-8-9-20-56(44(65)28-58)47(49(2,3)4)37-21-32(34-24-33(50)16-17-35(34)51)27-55(37)26-30-11-6-5-7-12-30/h5-7,11-12,16-17,21,24,27,29,31,36,47,58H,8-10,13-15,18-20,22-23,25-26,28H2,1-4H3,(H2,52,61)(H,53,62)(H,54,69)(H,66,67)/t29-,31+,36-,47-/m0/s1. The third-order valence-corrected chi connectivity index (χ3v) is 11.5. The first-order valence-corrected chi connectivity index (χ1v) is 22.8. The van der Waals surface area contributed by atoms with Gasteiger partial charge in [0.05, 0.1) is 36.9 Å². The van der Waals surface area contributed by atoms with Crippen LogP contribution < -0.4 is 16.4 Å². The van der Waals surface area contributed by atoms with Gasteiger partial charge in [-0.2, -0.15) is 0 Å². The fourth-order valence-corrected chi connectivity index (χ4v) is 8.07. The van der Waals surface area contributed by atoms with Crippen molar-refractivity contribution in [3.63, 3.8) is 0 Å². The molecule has 0 saturated carbocycles. The first kappa shape index (κ1) is 55.4. The SMILES string of the molecule is C[C@H](NC(=O)CCCC(=O)ON1C(=O)CCC1=O)C(=O)C[C@H](CC(=O)O)C(=O)N[C@@H](CC(N)=O)C(=O)CCCCN(C(=O)CO)[C@@H](c1cc(-c2cc(F)ccc2F)cn1Cc1ccccc1)C(C)(C)C. The molecule has 0 unspecified atom stereocenters. The quantitative estimate of drug-likeness (QED) is 0.0537. The molecule has 1 aliphatic heterocycles. The van der Waals surface area contributed by atoms with Crippen molar-refractivity contribution in [2.24, 2.45) is 17.1 Å². The molecule has 1 fully saturated rings. The summed E-state index contributed by atoms with van der Waals surface area (Å²) in [5, 5.41) is 24.9. The molecule has 1 saturated heterocycles. The van der Waals surface area contributed by atoms with Crippen LogP contribution in [0.15, 0.2) is 60.8 Å². The molecule has 2 heterocycles. The maximum Gasteiger partial charge on any atom is 0.333 e. The molecule has 4 atom stereocenters. The lowest BCUT2D eigenvalue weighted by Crippen LogP contribution is -2.47. The Morgan fingerprint density at radius 3 is 2.13 bits per heavy atom. The van der Waals surface area contributed by atoms with Crippen molar-refractivity contribution >= 4 is 58.9 Å². The van der Waals surface area contributed by atoms with Crippen LogP contribution in [0.1, 0.15) is 116 Å². The van der Waals surface area contributed by atoms with E-state index >= 15 is 4.39 Å². The van der Waals surface area contributed by atoms with E-state index in [4.69, 9.17) is 10.6 Å². The molecule has 2 aromatic carbocycles. The van der Waals surface area contributed by atoms with Crippen LogP contribution in [0.2, 0.25) is 0 Å². The van der Waals surface area contributed by atoms with E-state index in [-0.39, 0.29) is 70.0 Å². The zero-order valence-electron chi connectivity index (χ0n) is 39.5. The van der Waals surface area contributed by atoms with Crippen molar-refractivity contribution in [1.82, 2.24) is 25.2 Å². The third kappa shape index (κ3) is 16.2. The number of carbonyl (C=O) groups is 10. The van der Waals surface area contributed by atoms with E-state index in [0.717, 1.165) is 23.8 Å². The number of carboxylic acids is 1. The predicted octanol–water partition coefficient (Wildman–Crippen LogP) is 3.82.